The molecule has 0 radical (unpaired) electrons. The Morgan fingerprint density at radius 2 is 1.50 bits per heavy atom. The molecule has 3 aromatic carbocycles. The van der Waals surface area contributed by atoms with Crippen molar-refractivity contribution in [3.8, 4) is 0 Å². The maximum absolute atomic E-state index is 6.56. The van der Waals surface area contributed by atoms with E-state index in [1.807, 2.05) is 48.5 Å². The molecule has 1 aliphatic heterocycles. The zero-order valence-electron chi connectivity index (χ0n) is 16.4. The second-order valence-electron chi connectivity index (χ2n) is 7.54. The highest BCUT2D eigenvalue weighted by molar-refractivity contribution is 6.36. The summed E-state index contributed by atoms with van der Waals surface area (Å²) < 4.78 is 0. The van der Waals surface area contributed by atoms with Crippen LogP contribution < -0.4 is 4.90 Å². The van der Waals surface area contributed by atoms with Crippen molar-refractivity contribution in [2.24, 2.45) is 0 Å². The predicted octanol–water partition coefficient (Wildman–Crippen LogP) is 7.41. The lowest BCUT2D eigenvalue weighted by Crippen LogP contribution is -2.49. The van der Waals surface area contributed by atoms with E-state index < -0.39 is 0 Å². The number of nitrogens with zero attached hydrogens (tertiary/aromatic N) is 2. The van der Waals surface area contributed by atoms with Gasteiger partial charge in [0.05, 0.1) is 16.8 Å². The molecule has 1 aliphatic rings. The van der Waals surface area contributed by atoms with Gasteiger partial charge in [-0.15, -0.1) is 0 Å². The van der Waals surface area contributed by atoms with Gasteiger partial charge in [-0.2, -0.15) is 0 Å². The molecule has 3 aromatic rings. The standard InChI is InChI=1S/C24H22Cl4N2/c25-19-6-4-18(5-7-19)24-16-29(11-10-17-2-1-3-20(26)14-17)12-13-30(24)23-9-8-21(27)15-22(23)28/h1-9,14-15,24H,10-13,16H2. The summed E-state index contributed by atoms with van der Waals surface area (Å²) in [7, 11) is 0. The maximum atomic E-state index is 6.56. The van der Waals surface area contributed by atoms with E-state index in [0.29, 0.717) is 10.0 Å². The average molecular weight is 480 g/mol. The fourth-order valence-electron chi connectivity index (χ4n) is 4.00. The van der Waals surface area contributed by atoms with Crippen LogP contribution in [0.25, 0.3) is 0 Å². The van der Waals surface area contributed by atoms with Crippen molar-refractivity contribution in [1.82, 2.24) is 4.90 Å². The molecule has 0 saturated carbocycles. The molecule has 156 valence electrons. The molecule has 0 aromatic heterocycles. The summed E-state index contributed by atoms with van der Waals surface area (Å²) in [6.45, 7) is 3.72. The van der Waals surface area contributed by atoms with Gasteiger partial charge in [0.1, 0.15) is 0 Å². The number of piperazine rings is 1. The van der Waals surface area contributed by atoms with Crippen LogP contribution in [0.1, 0.15) is 17.2 Å². The first-order valence-electron chi connectivity index (χ1n) is 9.93. The third-order valence-corrected chi connectivity index (χ3v) is 6.57. The summed E-state index contributed by atoms with van der Waals surface area (Å²) in [5.74, 6) is 0. The summed E-state index contributed by atoms with van der Waals surface area (Å²) in [4.78, 5) is 4.87. The Labute approximate surface area is 197 Å². The number of halogens is 4. The minimum Gasteiger partial charge on any atom is -0.361 e. The molecule has 0 amide bonds. The number of anilines is 1. The third-order valence-electron chi connectivity index (χ3n) is 5.54. The van der Waals surface area contributed by atoms with Gasteiger partial charge in [-0.05, 0) is 60.0 Å². The first-order valence-corrected chi connectivity index (χ1v) is 11.4. The fraction of sp³-hybridized carbons (Fsp3) is 0.250. The zero-order valence-corrected chi connectivity index (χ0v) is 19.4. The van der Waals surface area contributed by atoms with Crippen molar-refractivity contribution in [2.45, 2.75) is 12.5 Å². The topological polar surface area (TPSA) is 6.48 Å². The second-order valence-corrected chi connectivity index (χ2v) is 9.25. The van der Waals surface area contributed by atoms with Crippen LogP contribution in [-0.2, 0) is 6.42 Å². The molecule has 0 bridgehead atoms. The van der Waals surface area contributed by atoms with Gasteiger partial charge in [-0.1, -0.05) is 70.7 Å². The van der Waals surface area contributed by atoms with E-state index in [0.717, 1.165) is 48.3 Å². The largest absolute Gasteiger partial charge is 0.361 e. The van der Waals surface area contributed by atoms with E-state index in [2.05, 4.69) is 28.0 Å². The SMILES string of the molecule is Clc1ccc(C2CN(CCc3cccc(Cl)c3)CCN2c2ccc(Cl)cc2Cl)cc1. The van der Waals surface area contributed by atoms with Crippen molar-refractivity contribution < 1.29 is 0 Å². The molecule has 0 spiro atoms. The first kappa shape index (κ1) is 21.8. The molecule has 6 heteroatoms. The van der Waals surface area contributed by atoms with E-state index >= 15 is 0 Å². The molecule has 4 rings (SSSR count). The summed E-state index contributed by atoms with van der Waals surface area (Å²) in [5.41, 5.74) is 3.49. The predicted molar refractivity (Wildman–Crippen MR) is 130 cm³/mol. The lowest BCUT2D eigenvalue weighted by atomic mass is 10.0. The molecule has 2 nitrogen and oxygen atoms in total. The first-order chi connectivity index (χ1) is 14.5. The Balaban J connectivity index is 1.55. The Kier molecular flexibility index (Phi) is 7.12. The quantitative estimate of drug-likeness (QED) is 0.376. The van der Waals surface area contributed by atoms with Gasteiger partial charge in [0.15, 0.2) is 0 Å². The van der Waals surface area contributed by atoms with Gasteiger partial charge in [-0.25, -0.2) is 0 Å². The minimum absolute atomic E-state index is 0.175. The van der Waals surface area contributed by atoms with Crippen LogP contribution in [0, 0.1) is 0 Å². The monoisotopic (exact) mass is 478 g/mol. The molecule has 1 saturated heterocycles. The Bertz CT molecular complexity index is 1010. The van der Waals surface area contributed by atoms with E-state index in [1.54, 1.807) is 0 Å². The third kappa shape index (κ3) is 5.25. The van der Waals surface area contributed by atoms with Crippen LogP contribution in [0.2, 0.25) is 20.1 Å². The van der Waals surface area contributed by atoms with Crippen molar-refractivity contribution in [3.63, 3.8) is 0 Å². The molecular weight excluding hydrogens is 458 g/mol. The van der Waals surface area contributed by atoms with Gasteiger partial charge in [0.25, 0.3) is 0 Å². The van der Waals surface area contributed by atoms with E-state index in [-0.39, 0.29) is 6.04 Å². The van der Waals surface area contributed by atoms with Crippen LogP contribution in [0.4, 0.5) is 5.69 Å². The van der Waals surface area contributed by atoms with Crippen LogP contribution in [0.5, 0.6) is 0 Å². The van der Waals surface area contributed by atoms with Crippen molar-refractivity contribution >= 4 is 52.1 Å². The van der Waals surface area contributed by atoms with Crippen molar-refractivity contribution in [3.05, 3.63) is 97.9 Å². The zero-order chi connectivity index (χ0) is 21.1. The second kappa shape index (κ2) is 9.80. The van der Waals surface area contributed by atoms with Gasteiger partial charge in [0.2, 0.25) is 0 Å². The number of rotatable bonds is 5. The number of hydrogen-bond acceptors (Lipinski definition) is 2. The van der Waals surface area contributed by atoms with Crippen LogP contribution in [-0.4, -0.2) is 31.1 Å². The lowest BCUT2D eigenvalue weighted by Gasteiger charge is -2.43. The average Bonchev–Trinajstić information content (AvgIpc) is 2.73. The Morgan fingerprint density at radius 1 is 0.767 bits per heavy atom. The number of hydrogen-bond donors (Lipinski definition) is 0. The smallest absolute Gasteiger partial charge is 0.0670 e. The molecule has 1 fully saturated rings. The fourth-order valence-corrected chi connectivity index (χ4v) is 4.85. The van der Waals surface area contributed by atoms with Crippen LogP contribution in [0.15, 0.2) is 66.7 Å². The molecule has 1 unspecified atom stereocenters. The van der Waals surface area contributed by atoms with E-state index in [9.17, 15) is 0 Å². The summed E-state index contributed by atoms with van der Waals surface area (Å²) >= 11 is 25.0. The Hall–Kier alpha value is -1.42. The van der Waals surface area contributed by atoms with E-state index in [4.69, 9.17) is 46.4 Å². The number of benzene rings is 3. The lowest BCUT2D eigenvalue weighted by molar-refractivity contribution is 0.226. The van der Waals surface area contributed by atoms with Crippen LogP contribution >= 0.6 is 46.4 Å². The molecule has 1 heterocycles. The molecular formula is C24H22Cl4N2. The Morgan fingerprint density at radius 3 is 2.23 bits per heavy atom. The van der Waals surface area contributed by atoms with Gasteiger partial charge < -0.3 is 4.90 Å². The van der Waals surface area contributed by atoms with Gasteiger partial charge in [0, 0.05) is 41.2 Å². The molecule has 0 aliphatic carbocycles. The van der Waals surface area contributed by atoms with Crippen LogP contribution in [0.3, 0.4) is 0 Å². The molecule has 30 heavy (non-hydrogen) atoms. The van der Waals surface area contributed by atoms with Gasteiger partial charge in [-0.3, -0.25) is 4.90 Å². The minimum atomic E-state index is 0.175. The van der Waals surface area contributed by atoms with Crippen molar-refractivity contribution in [2.75, 3.05) is 31.1 Å². The normalized spacial score (nSPS) is 17.3. The highest BCUT2D eigenvalue weighted by Crippen LogP contribution is 2.36. The maximum Gasteiger partial charge on any atom is 0.0670 e. The molecule has 1 atom stereocenters. The highest BCUT2D eigenvalue weighted by Gasteiger charge is 2.29. The highest BCUT2D eigenvalue weighted by atomic mass is 35.5. The summed E-state index contributed by atoms with van der Waals surface area (Å²) in [5, 5.41) is 2.85. The van der Waals surface area contributed by atoms with Crippen molar-refractivity contribution in [1.29, 1.82) is 0 Å². The summed E-state index contributed by atoms with van der Waals surface area (Å²) in [6, 6.07) is 22.1. The molecule has 0 N–H and O–H groups in total. The van der Waals surface area contributed by atoms with E-state index in [1.165, 1.54) is 11.1 Å². The summed E-state index contributed by atoms with van der Waals surface area (Å²) in [6.07, 6.45) is 0.968. The van der Waals surface area contributed by atoms with Gasteiger partial charge >= 0.3 is 0 Å².